The summed E-state index contributed by atoms with van der Waals surface area (Å²) in [6, 6.07) is 9.42. The summed E-state index contributed by atoms with van der Waals surface area (Å²) < 4.78 is 1.62. The van der Waals surface area contributed by atoms with Crippen LogP contribution in [0.2, 0.25) is 0 Å². The summed E-state index contributed by atoms with van der Waals surface area (Å²) in [5.74, 6) is 0. The number of amides is 2. The molecule has 110 valence electrons. The molecule has 1 aromatic carbocycles. The Balaban J connectivity index is 1.52. The standard InChI is InChI=1S/C16H15N5O/c22-16(19-13-7-6-11-3-1-4-12(11)9-13)20-14-5-2-8-21-15(14)17-10-18-21/h2,5-10H,1,3-4H2,(H2,19,20,22). The van der Waals surface area contributed by atoms with Gasteiger partial charge in [-0.1, -0.05) is 6.07 Å². The van der Waals surface area contributed by atoms with Gasteiger partial charge in [0.15, 0.2) is 5.65 Å². The largest absolute Gasteiger partial charge is 0.323 e. The molecule has 0 unspecified atom stereocenters. The number of nitrogens with one attached hydrogen (secondary N) is 2. The maximum atomic E-state index is 12.2. The van der Waals surface area contributed by atoms with Gasteiger partial charge in [0.25, 0.3) is 0 Å². The highest BCUT2D eigenvalue weighted by molar-refractivity contribution is 6.01. The van der Waals surface area contributed by atoms with E-state index in [1.54, 1.807) is 16.8 Å². The zero-order valence-corrected chi connectivity index (χ0v) is 11.9. The van der Waals surface area contributed by atoms with E-state index in [0.717, 1.165) is 18.5 Å². The van der Waals surface area contributed by atoms with Crippen molar-refractivity contribution in [3.8, 4) is 0 Å². The predicted octanol–water partition coefficient (Wildman–Crippen LogP) is 2.86. The molecule has 2 aromatic heterocycles. The first kappa shape index (κ1) is 12.8. The topological polar surface area (TPSA) is 71.3 Å². The Kier molecular flexibility index (Phi) is 3.00. The smallest absolute Gasteiger partial charge is 0.308 e. The van der Waals surface area contributed by atoms with Crippen molar-refractivity contribution in [3.63, 3.8) is 0 Å². The lowest BCUT2D eigenvalue weighted by Crippen LogP contribution is -2.20. The zero-order chi connectivity index (χ0) is 14.9. The Labute approximate surface area is 127 Å². The van der Waals surface area contributed by atoms with E-state index in [4.69, 9.17) is 0 Å². The van der Waals surface area contributed by atoms with Gasteiger partial charge in [0.05, 0.1) is 5.69 Å². The predicted molar refractivity (Wildman–Crippen MR) is 84.1 cm³/mol. The maximum absolute atomic E-state index is 12.2. The number of pyridine rings is 1. The molecule has 0 radical (unpaired) electrons. The molecule has 0 saturated heterocycles. The van der Waals surface area contributed by atoms with Crippen LogP contribution < -0.4 is 10.6 Å². The number of hydrogen-bond donors (Lipinski definition) is 2. The fourth-order valence-electron chi connectivity index (χ4n) is 2.88. The van der Waals surface area contributed by atoms with Gasteiger partial charge < -0.3 is 10.6 Å². The van der Waals surface area contributed by atoms with Crippen molar-refractivity contribution in [2.75, 3.05) is 10.6 Å². The van der Waals surface area contributed by atoms with Crippen LogP contribution >= 0.6 is 0 Å². The van der Waals surface area contributed by atoms with Gasteiger partial charge in [0.2, 0.25) is 0 Å². The molecule has 2 N–H and O–H groups in total. The van der Waals surface area contributed by atoms with Crippen LogP contribution in [0, 0.1) is 0 Å². The van der Waals surface area contributed by atoms with Crippen LogP contribution in [0.3, 0.4) is 0 Å². The number of nitrogens with zero attached hydrogens (tertiary/aromatic N) is 3. The molecule has 6 heteroatoms. The third-order valence-corrected chi connectivity index (χ3v) is 3.91. The van der Waals surface area contributed by atoms with Gasteiger partial charge in [-0.2, -0.15) is 5.10 Å². The van der Waals surface area contributed by atoms with Crippen LogP contribution in [0.1, 0.15) is 17.5 Å². The normalized spacial score (nSPS) is 13.1. The highest BCUT2D eigenvalue weighted by Gasteiger charge is 2.12. The van der Waals surface area contributed by atoms with E-state index < -0.39 is 0 Å². The number of aryl methyl sites for hydroxylation is 2. The first-order valence-electron chi connectivity index (χ1n) is 7.28. The van der Waals surface area contributed by atoms with Crippen molar-refractivity contribution in [2.24, 2.45) is 0 Å². The van der Waals surface area contributed by atoms with Gasteiger partial charge in [0.1, 0.15) is 6.33 Å². The molecule has 0 bridgehead atoms. The molecule has 2 heterocycles. The molecule has 1 aliphatic carbocycles. The van der Waals surface area contributed by atoms with Gasteiger partial charge in [-0.15, -0.1) is 0 Å². The maximum Gasteiger partial charge on any atom is 0.323 e. The fraction of sp³-hybridized carbons (Fsp3) is 0.188. The third kappa shape index (κ3) is 2.28. The molecule has 2 amide bonds. The molecule has 0 aliphatic heterocycles. The molecular weight excluding hydrogens is 278 g/mol. The molecule has 0 atom stereocenters. The molecule has 22 heavy (non-hydrogen) atoms. The SMILES string of the molecule is O=C(Nc1ccc2c(c1)CCC2)Nc1cccn2ncnc12. The van der Waals surface area contributed by atoms with Crippen molar-refractivity contribution < 1.29 is 4.79 Å². The van der Waals surface area contributed by atoms with Gasteiger partial charge >= 0.3 is 6.03 Å². The second kappa shape index (κ2) is 5.14. The number of fused-ring (bicyclic) bond motifs is 2. The van der Waals surface area contributed by atoms with Crippen LogP contribution in [0.4, 0.5) is 16.2 Å². The zero-order valence-electron chi connectivity index (χ0n) is 11.9. The summed E-state index contributed by atoms with van der Waals surface area (Å²) in [4.78, 5) is 16.3. The van der Waals surface area contributed by atoms with E-state index in [-0.39, 0.29) is 6.03 Å². The van der Waals surface area contributed by atoms with Gasteiger partial charge in [-0.3, -0.25) is 0 Å². The molecule has 3 aromatic rings. The first-order chi connectivity index (χ1) is 10.8. The van der Waals surface area contributed by atoms with Crippen LogP contribution in [0.25, 0.3) is 5.65 Å². The number of carbonyl (C=O) groups is 1. The van der Waals surface area contributed by atoms with Crippen LogP contribution in [0.5, 0.6) is 0 Å². The molecule has 4 rings (SSSR count). The minimum atomic E-state index is -0.283. The Morgan fingerprint density at radius 2 is 2.05 bits per heavy atom. The van der Waals surface area contributed by atoms with Gasteiger partial charge in [0, 0.05) is 11.9 Å². The van der Waals surface area contributed by atoms with Gasteiger partial charge in [-0.25, -0.2) is 14.3 Å². The lowest BCUT2D eigenvalue weighted by atomic mass is 10.1. The Hall–Kier alpha value is -2.89. The Morgan fingerprint density at radius 1 is 1.14 bits per heavy atom. The van der Waals surface area contributed by atoms with E-state index in [2.05, 4.69) is 32.8 Å². The molecule has 1 aliphatic rings. The monoisotopic (exact) mass is 293 g/mol. The minimum absolute atomic E-state index is 0.283. The van der Waals surface area contributed by atoms with Crippen LogP contribution in [-0.4, -0.2) is 20.6 Å². The summed E-state index contributed by atoms with van der Waals surface area (Å²) in [6.45, 7) is 0. The highest BCUT2D eigenvalue weighted by atomic mass is 16.2. The van der Waals surface area contributed by atoms with Crippen molar-refractivity contribution >= 4 is 23.1 Å². The summed E-state index contributed by atoms with van der Waals surface area (Å²) >= 11 is 0. The summed E-state index contributed by atoms with van der Waals surface area (Å²) in [5.41, 5.74) is 4.77. The summed E-state index contributed by atoms with van der Waals surface area (Å²) in [5, 5.41) is 9.73. The van der Waals surface area contributed by atoms with Crippen molar-refractivity contribution in [3.05, 3.63) is 54.0 Å². The molecule has 0 spiro atoms. The van der Waals surface area contributed by atoms with E-state index >= 15 is 0 Å². The van der Waals surface area contributed by atoms with E-state index in [9.17, 15) is 4.79 Å². The number of benzene rings is 1. The van der Waals surface area contributed by atoms with Crippen LogP contribution in [-0.2, 0) is 12.8 Å². The summed E-state index contributed by atoms with van der Waals surface area (Å²) in [6.07, 6.45) is 6.66. The molecule has 0 fully saturated rings. The lowest BCUT2D eigenvalue weighted by Gasteiger charge is -2.09. The average Bonchev–Trinajstić information content (AvgIpc) is 3.15. The number of carbonyl (C=O) groups excluding carboxylic acids is 1. The molecule has 6 nitrogen and oxygen atoms in total. The molecular formula is C16H15N5O. The first-order valence-corrected chi connectivity index (χ1v) is 7.28. The highest BCUT2D eigenvalue weighted by Crippen LogP contribution is 2.25. The van der Waals surface area contributed by atoms with Crippen molar-refractivity contribution in [1.82, 2.24) is 14.6 Å². The average molecular weight is 293 g/mol. The number of anilines is 2. The van der Waals surface area contributed by atoms with Gasteiger partial charge in [-0.05, 0) is 54.7 Å². The van der Waals surface area contributed by atoms with Crippen LogP contribution in [0.15, 0.2) is 42.9 Å². The van der Waals surface area contributed by atoms with E-state index in [1.165, 1.54) is 23.9 Å². The number of urea groups is 1. The number of aromatic nitrogens is 3. The van der Waals surface area contributed by atoms with E-state index in [1.807, 2.05) is 12.1 Å². The van der Waals surface area contributed by atoms with E-state index in [0.29, 0.717) is 11.3 Å². The van der Waals surface area contributed by atoms with Crippen molar-refractivity contribution in [2.45, 2.75) is 19.3 Å². The minimum Gasteiger partial charge on any atom is -0.308 e. The Morgan fingerprint density at radius 3 is 3.00 bits per heavy atom. The second-order valence-corrected chi connectivity index (χ2v) is 5.37. The summed E-state index contributed by atoms with van der Waals surface area (Å²) in [7, 11) is 0. The lowest BCUT2D eigenvalue weighted by molar-refractivity contribution is 0.262. The molecule has 0 saturated carbocycles. The second-order valence-electron chi connectivity index (χ2n) is 5.37. The number of rotatable bonds is 2. The fourth-order valence-corrected chi connectivity index (χ4v) is 2.88. The quantitative estimate of drug-likeness (QED) is 0.763. The number of hydrogen-bond acceptors (Lipinski definition) is 3. The third-order valence-electron chi connectivity index (χ3n) is 3.91. The Bertz CT molecular complexity index is 855. The van der Waals surface area contributed by atoms with Crippen molar-refractivity contribution in [1.29, 1.82) is 0 Å².